The minimum atomic E-state index is -0.418. The standard InChI is InChI=1S/C16H19NO4S.C15H18N2O2S/c1-9(2)21-16(18)14-11(8-22-15(14)17)10-5-6-12(19-3)13(7-10)20-4;1-4-19-15(18)13-12(9-20-14(13)16)10-5-7-11(8-6-10)17(2)3/h5-9H,17H2,1-4H3;5-9H,4,16H2,1-3H3. The summed E-state index contributed by atoms with van der Waals surface area (Å²) in [5.41, 5.74) is 17.2. The molecule has 4 rings (SSSR count). The number of hydrogen-bond acceptors (Lipinski definition) is 11. The zero-order valence-electron chi connectivity index (χ0n) is 24.8. The average Bonchev–Trinajstić information content (AvgIpc) is 3.55. The molecule has 0 aliphatic carbocycles. The van der Waals surface area contributed by atoms with Gasteiger partial charge in [0.25, 0.3) is 0 Å². The first-order valence-corrected chi connectivity index (χ1v) is 14.9. The van der Waals surface area contributed by atoms with Crippen LogP contribution in [0.4, 0.5) is 15.7 Å². The molecule has 0 aliphatic rings. The number of nitrogen functional groups attached to an aromatic ring is 2. The van der Waals surface area contributed by atoms with E-state index in [1.807, 2.05) is 66.2 Å². The molecular formula is C31H37N3O6S2. The van der Waals surface area contributed by atoms with Crippen molar-refractivity contribution in [3.63, 3.8) is 0 Å². The number of carbonyl (C=O) groups is 2. The Kier molecular flexibility index (Phi) is 11.2. The topological polar surface area (TPSA) is 126 Å². The predicted molar refractivity (Wildman–Crippen MR) is 172 cm³/mol. The number of methoxy groups -OCH3 is 2. The summed E-state index contributed by atoms with van der Waals surface area (Å²) in [4.78, 5) is 26.3. The Hall–Kier alpha value is -4.22. The van der Waals surface area contributed by atoms with Gasteiger partial charge in [0.2, 0.25) is 0 Å². The van der Waals surface area contributed by atoms with Crippen LogP contribution in [0.5, 0.6) is 11.5 Å². The Morgan fingerprint density at radius 2 is 1.33 bits per heavy atom. The maximum Gasteiger partial charge on any atom is 0.342 e. The molecule has 2 heterocycles. The SMILES string of the molecule is CCOC(=O)c1c(-c2ccc(N(C)C)cc2)csc1N.COc1ccc(-c2csc(N)c2C(=O)OC(C)C)cc1OC. The van der Waals surface area contributed by atoms with E-state index in [0.717, 1.165) is 27.9 Å². The summed E-state index contributed by atoms with van der Waals surface area (Å²) in [6.45, 7) is 5.73. The smallest absolute Gasteiger partial charge is 0.342 e. The fraction of sp³-hybridized carbons (Fsp3) is 0.290. The fourth-order valence-corrected chi connectivity index (χ4v) is 5.63. The summed E-state index contributed by atoms with van der Waals surface area (Å²) in [5, 5.41) is 4.67. The van der Waals surface area contributed by atoms with Gasteiger partial charge >= 0.3 is 11.9 Å². The van der Waals surface area contributed by atoms with E-state index in [-0.39, 0.29) is 12.1 Å². The third kappa shape index (κ3) is 7.54. The molecule has 42 heavy (non-hydrogen) atoms. The van der Waals surface area contributed by atoms with E-state index in [4.69, 9.17) is 30.4 Å². The molecule has 11 heteroatoms. The van der Waals surface area contributed by atoms with E-state index in [1.54, 1.807) is 41.1 Å². The monoisotopic (exact) mass is 611 g/mol. The molecule has 9 nitrogen and oxygen atoms in total. The van der Waals surface area contributed by atoms with Crippen LogP contribution in [-0.4, -0.2) is 53.0 Å². The molecule has 0 saturated heterocycles. The quantitative estimate of drug-likeness (QED) is 0.196. The first kappa shape index (κ1) is 32.3. The Labute approximate surface area is 254 Å². The van der Waals surface area contributed by atoms with Crippen molar-refractivity contribution in [1.29, 1.82) is 0 Å². The van der Waals surface area contributed by atoms with Crippen molar-refractivity contribution in [2.24, 2.45) is 0 Å². The largest absolute Gasteiger partial charge is 0.493 e. The Balaban J connectivity index is 0.000000231. The van der Waals surface area contributed by atoms with Crippen molar-refractivity contribution in [3.05, 3.63) is 64.4 Å². The van der Waals surface area contributed by atoms with E-state index < -0.39 is 5.97 Å². The predicted octanol–water partition coefficient (Wildman–Crippen LogP) is 6.82. The number of rotatable bonds is 9. The van der Waals surface area contributed by atoms with E-state index in [9.17, 15) is 9.59 Å². The molecule has 224 valence electrons. The number of thiophene rings is 2. The Morgan fingerprint density at radius 3 is 1.83 bits per heavy atom. The summed E-state index contributed by atoms with van der Waals surface area (Å²) in [7, 11) is 7.12. The molecule has 0 saturated carbocycles. The highest BCUT2D eigenvalue weighted by atomic mass is 32.1. The van der Waals surface area contributed by atoms with Gasteiger partial charge < -0.3 is 35.3 Å². The number of hydrogen-bond donors (Lipinski definition) is 2. The van der Waals surface area contributed by atoms with Gasteiger partial charge in [0, 0.05) is 41.7 Å². The first-order valence-electron chi connectivity index (χ1n) is 13.1. The number of esters is 2. The van der Waals surface area contributed by atoms with Crippen molar-refractivity contribution in [3.8, 4) is 33.8 Å². The third-order valence-corrected chi connectivity index (χ3v) is 7.68. The normalized spacial score (nSPS) is 10.5. The molecule has 2 aromatic heterocycles. The van der Waals surface area contributed by atoms with Gasteiger partial charge in [-0.25, -0.2) is 9.59 Å². The highest BCUT2D eigenvalue weighted by Crippen LogP contribution is 2.38. The van der Waals surface area contributed by atoms with Crippen molar-refractivity contribution in [2.45, 2.75) is 26.9 Å². The van der Waals surface area contributed by atoms with Gasteiger partial charge in [0.05, 0.1) is 26.9 Å². The molecule has 4 aromatic rings. The fourth-order valence-electron chi connectivity index (χ4n) is 4.01. The number of anilines is 3. The van der Waals surface area contributed by atoms with Gasteiger partial charge in [-0.1, -0.05) is 18.2 Å². The molecule has 0 aliphatic heterocycles. The van der Waals surface area contributed by atoms with Crippen LogP contribution in [0.2, 0.25) is 0 Å². The lowest BCUT2D eigenvalue weighted by molar-refractivity contribution is 0.0380. The van der Waals surface area contributed by atoms with Crippen LogP contribution in [0.3, 0.4) is 0 Å². The molecule has 0 atom stereocenters. The highest BCUT2D eigenvalue weighted by Gasteiger charge is 2.22. The van der Waals surface area contributed by atoms with Crippen LogP contribution in [-0.2, 0) is 9.47 Å². The van der Waals surface area contributed by atoms with Gasteiger partial charge in [-0.15, -0.1) is 22.7 Å². The molecule has 0 unspecified atom stereocenters. The Morgan fingerprint density at radius 1 is 0.810 bits per heavy atom. The molecular weight excluding hydrogens is 574 g/mol. The van der Waals surface area contributed by atoms with E-state index in [1.165, 1.54) is 22.7 Å². The Bertz CT molecular complexity index is 1510. The van der Waals surface area contributed by atoms with Gasteiger partial charge in [-0.3, -0.25) is 0 Å². The number of nitrogens with zero attached hydrogens (tertiary/aromatic N) is 1. The summed E-state index contributed by atoms with van der Waals surface area (Å²) >= 11 is 2.67. The average molecular weight is 612 g/mol. The van der Waals surface area contributed by atoms with E-state index >= 15 is 0 Å². The number of benzene rings is 2. The van der Waals surface area contributed by atoms with Crippen molar-refractivity contribution >= 4 is 50.3 Å². The van der Waals surface area contributed by atoms with Gasteiger partial charge in [0.1, 0.15) is 21.1 Å². The summed E-state index contributed by atoms with van der Waals surface area (Å²) in [6, 6.07) is 13.5. The maximum absolute atomic E-state index is 12.3. The molecule has 0 fully saturated rings. The maximum atomic E-state index is 12.3. The lowest BCUT2D eigenvalue weighted by Gasteiger charge is -2.13. The van der Waals surface area contributed by atoms with Gasteiger partial charge in [-0.2, -0.15) is 0 Å². The number of carbonyl (C=O) groups excluding carboxylic acids is 2. The van der Waals surface area contributed by atoms with Gasteiger partial charge in [0.15, 0.2) is 11.5 Å². The molecule has 0 spiro atoms. The zero-order valence-corrected chi connectivity index (χ0v) is 26.5. The van der Waals surface area contributed by atoms with Crippen LogP contribution in [0.1, 0.15) is 41.5 Å². The van der Waals surface area contributed by atoms with Crippen LogP contribution in [0.15, 0.2) is 53.2 Å². The molecule has 0 bridgehead atoms. The van der Waals surface area contributed by atoms with Crippen molar-refractivity contribution in [2.75, 3.05) is 51.3 Å². The van der Waals surface area contributed by atoms with Crippen molar-refractivity contribution in [1.82, 2.24) is 0 Å². The third-order valence-electron chi connectivity index (χ3n) is 6.05. The minimum absolute atomic E-state index is 0.204. The van der Waals surface area contributed by atoms with Crippen LogP contribution in [0.25, 0.3) is 22.3 Å². The molecule has 2 aromatic carbocycles. The zero-order chi connectivity index (χ0) is 31.0. The number of nitrogens with two attached hydrogens (primary N) is 2. The first-order chi connectivity index (χ1) is 20.0. The van der Waals surface area contributed by atoms with Gasteiger partial charge in [-0.05, 0) is 56.2 Å². The lowest BCUT2D eigenvalue weighted by atomic mass is 10.0. The minimum Gasteiger partial charge on any atom is -0.493 e. The molecule has 4 N–H and O–H groups in total. The highest BCUT2D eigenvalue weighted by molar-refractivity contribution is 7.15. The second kappa shape index (κ2) is 14.6. The van der Waals surface area contributed by atoms with E-state index in [0.29, 0.717) is 39.2 Å². The second-order valence-corrected chi connectivity index (χ2v) is 11.3. The van der Waals surface area contributed by atoms with Crippen LogP contribution >= 0.6 is 22.7 Å². The van der Waals surface area contributed by atoms with E-state index in [2.05, 4.69) is 0 Å². The molecule has 0 radical (unpaired) electrons. The van der Waals surface area contributed by atoms with Crippen LogP contribution in [0, 0.1) is 0 Å². The second-order valence-electron chi connectivity index (χ2n) is 9.46. The summed E-state index contributed by atoms with van der Waals surface area (Å²) < 4.78 is 20.9. The summed E-state index contributed by atoms with van der Waals surface area (Å²) in [5.74, 6) is 0.435. The lowest BCUT2D eigenvalue weighted by Crippen LogP contribution is -2.13. The van der Waals surface area contributed by atoms with Crippen LogP contribution < -0.4 is 25.8 Å². The number of ether oxygens (including phenoxy) is 4. The van der Waals surface area contributed by atoms with Crippen molar-refractivity contribution < 1.29 is 28.5 Å². The summed E-state index contributed by atoms with van der Waals surface area (Å²) in [6.07, 6.45) is -0.204. The molecule has 0 amide bonds.